The lowest BCUT2D eigenvalue weighted by Gasteiger charge is -2.18. The average Bonchev–Trinajstić information content (AvgIpc) is 3.31. The van der Waals surface area contributed by atoms with E-state index >= 15 is 0 Å². The summed E-state index contributed by atoms with van der Waals surface area (Å²) in [5, 5.41) is 0. The van der Waals surface area contributed by atoms with E-state index in [0.29, 0.717) is 19.3 Å². The lowest BCUT2D eigenvalue weighted by atomic mass is 10.1. The summed E-state index contributed by atoms with van der Waals surface area (Å²) in [6, 6.07) is 0. The number of unbranched alkanes of at least 4 members (excludes halogenated alkanes) is 18. The van der Waals surface area contributed by atoms with Crippen molar-refractivity contribution in [2.45, 2.75) is 239 Å². The Kier molecular flexibility index (Phi) is 50.5. The fourth-order valence-corrected chi connectivity index (χ4v) is 6.99. The molecule has 66 heavy (non-hydrogen) atoms. The smallest absolute Gasteiger partial charge is 0.306 e. The molecule has 0 radical (unpaired) electrons. The van der Waals surface area contributed by atoms with Crippen LogP contribution in [0.1, 0.15) is 233 Å². The van der Waals surface area contributed by atoms with E-state index in [1.807, 2.05) is 0 Å². The van der Waals surface area contributed by atoms with Crippen LogP contribution in [0.25, 0.3) is 0 Å². The van der Waals surface area contributed by atoms with Gasteiger partial charge in [-0.3, -0.25) is 14.4 Å². The highest BCUT2D eigenvalue weighted by atomic mass is 16.6. The second kappa shape index (κ2) is 53.7. The van der Waals surface area contributed by atoms with Crippen LogP contribution in [-0.2, 0) is 28.6 Å². The van der Waals surface area contributed by atoms with Gasteiger partial charge in [-0.1, -0.05) is 220 Å². The van der Waals surface area contributed by atoms with E-state index in [1.54, 1.807) is 0 Å². The molecule has 0 fully saturated rings. The number of hydrogen-bond donors (Lipinski definition) is 0. The summed E-state index contributed by atoms with van der Waals surface area (Å²) in [6.45, 7) is 6.36. The van der Waals surface area contributed by atoms with E-state index in [2.05, 4.69) is 130 Å². The molecule has 0 bridgehead atoms. The van der Waals surface area contributed by atoms with Gasteiger partial charge in [0.1, 0.15) is 13.2 Å². The van der Waals surface area contributed by atoms with Crippen molar-refractivity contribution in [3.63, 3.8) is 0 Å². The van der Waals surface area contributed by atoms with Gasteiger partial charge in [-0.25, -0.2) is 0 Å². The molecule has 0 heterocycles. The Morgan fingerprint density at radius 1 is 0.318 bits per heavy atom. The first-order chi connectivity index (χ1) is 32.5. The van der Waals surface area contributed by atoms with Crippen LogP contribution in [-0.4, -0.2) is 37.2 Å². The SMILES string of the molecule is CC/C=C\C/C=C\C/C=C\C/C=C\C/C=C\C/C=C\C/C=C\CCCCCCCCCC(=O)OCC(COC(=O)CCCCCCCC)OC(=O)CCCCCCC/C=C\C/C=C\CCC. The number of carbonyl (C=O) groups is 3. The Morgan fingerprint density at radius 3 is 0.985 bits per heavy atom. The molecule has 0 rings (SSSR count). The predicted molar refractivity (Wildman–Crippen MR) is 283 cm³/mol. The van der Waals surface area contributed by atoms with E-state index in [9.17, 15) is 14.4 Å². The van der Waals surface area contributed by atoms with E-state index in [4.69, 9.17) is 14.2 Å². The van der Waals surface area contributed by atoms with Gasteiger partial charge in [0.2, 0.25) is 0 Å². The van der Waals surface area contributed by atoms with Crippen molar-refractivity contribution >= 4 is 17.9 Å². The first kappa shape index (κ1) is 62.1. The van der Waals surface area contributed by atoms with Crippen molar-refractivity contribution in [3.8, 4) is 0 Å². The van der Waals surface area contributed by atoms with Gasteiger partial charge < -0.3 is 14.2 Å². The molecule has 0 aromatic heterocycles. The van der Waals surface area contributed by atoms with Crippen LogP contribution in [0, 0.1) is 0 Å². The number of hydrogen-bond acceptors (Lipinski definition) is 6. The molecule has 0 aromatic carbocycles. The fraction of sp³-hybridized carbons (Fsp3) is 0.650. The van der Waals surface area contributed by atoms with Crippen molar-refractivity contribution in [2.75, 3.05) is 13.2 Å². The summed E-state index contributed by atoms with van der Waals surface area (Å²) in [4.78, 5) is 37.7. The molecule has 0 aliphatic carbocycles. The largest absolute Gasteiger partial charge is 0.462 e. The van der Waals surface area contributed by atoms with Crippen molar-refractivity contribution < 1.29 is 28.6 Å². The van der Waals surface area contributed by atoms with Crippen LogP contribution in [0.4, 0.5) is 0 Å². The molecule has 0 N–H and O–H groups in total. The van der Waals surface area contributed by atoms with Crippen molar-refractivity contribution in [1.82, 2.24) is 0 Å². The Hall–Kier alpha value is -3.93. The molecular formula is C60H98O6. The summed E-state index contributed by atoms with van der Waals surface area (Å²) >= 11 is 0. The lowest BCUT2D eigenvalue weighted by Crippen LogP contribution is -2.30. The molecule has 0 amide bonds. The first-order valence-electron chi connectivity index (χ1n) is 26.9. The van der Waals surface area contributed by atoms with Crippen molar-refractivity contribution in [2.24, 2.45) is 0 Å². The Morgan fingerprint density at radius 2 is 0.621 bits per heavy atom. The third-order valence-electron chi connectivity index (χ3n) is 11.0. The van der Waals surface area contributed by atoms with Gasteiger partial charge in [-0.15, -0.1) is 0 Å². The van der Waals surface area contributed by atoms with Crippen LogP contribution < -0.4 is 0 Å². The van der Waals surface area contributed by atoms with Crippen LogP contribution in [0.3, 0.4) is 0 Å². The zero-order valence-corrected chi connectivity index (χ0v) is 42.7. The summed E-state index contributed by atoms with van der Waals surface area (Å²) in [7, 11) is 0. The highest BCUT2D eigenvalue weighted by molar-refractivity contribution is 5.71. The molecule has 6 nitrogen and oxygen atoms in total. The first-order valence-corrected chi connectivity index (χ1v) is 26.9. The molecule has 6 heteroatoms. The number of esters is 3. The average molecular weight is 915 g/mol. The van der Waals surface area contributed by atoms with Gasteiger partial charge in [-0.2, -0.15) is 0 Å². The molecule has 374 valence electrons. The summed E-state index contributed by atoms with van der Waals surface area (Å²) in [6.07, 6.45) is 72.5. The molecule has 0 aliphatic rings. The highest BCUT2D eigenvalue weighted by Crippen LogP contribution is 2.13. The summed E-state index contributed by atoms with van der Waals surface area (Å²) in [5.74, 6) is -0.930. The molecule has 0 spiro atoms. The third kappa shape index (κ3) is 51.1. The molecule has 0 saturated carbocycles. The molecular weight excluding hydrogens is 817 g/mol. The van der Waals surface area contributed by atoms with E-state index in [0.717, 1.165) is 141 Å². The maximum Gasteiger partial charge on any atom is 0.306 e. The van der Waals surface area contributed by atoms with Crippen LogP contribution in [0.15, 0.2) is 109 Å². The minimum absolute atomic E-state index is 0.0884. The maximum atomic E-state index is 12.7. The van der Waals surface area contributed by atoms with Gasteiger partial charge in [0, 0.05) is 19.3 Å². The number of ether oxygens (including phenoxy) is 3. The molecule has 0 aliphatic heterocycles. The lowest BCUT2D eigenvalue weighted by molar-refractivity contribution is -0.167. The molecule has 1 atom stereocenters. The van der Waals surface area contributed by atoms with Gasteiger partial charge in [-0.05, 0) is 103 Å². The normalized spacial score (nSPS) is 13.0. The van der Waals surface area contributed by atoms with E-state index in [-0.39, 0.29) is 31.1 Å². The van der Waals surface area contributed by atoms with Crippen LogP contribution >= 0.6 is 0 Å². The summed E-state index contributed by atoms with van der Waals surface area (Å²) < 4.78 is 16.7. The minimum Gasteiger partial charge on any atom is -0.462 e. The second-order valence-corrected chi connectivity index (χ2v) is 17.4. The monoisotopic (exact) mass is 915 g/mol. The zero-order valence-electron chi connectivity index (χ0n) is 42.7. The van der Waals surface area contributed by atoms with Gasteiger partial charge in [0.25, 0.3) is 0 Å². The van der Waals surface area contributed by atoms with Crippen molar-refractivity contribution in [3.05, 3.63) is 109 Å². The number of rotatable bonds is 47. The zero-order chi connectivity index (χ0) is 47.9. The van der Waals surface area contributed by atoms with Gasteiger partial charge in [0.05, 0.1) is 0 Å². The maximum absolute atomic E-state index is 12.7. The molecule has 1 unspecified atom stereocenters. The Labute approximate surface area is 406 Å². The van der Waals surface area contributed by atoms with E-state index in [1.165, 1.54) is 51.4 Å². The second-order valence-electron chi connectivity index (χ2n) is 17.4. The topological polar surface area (TPSA) is 78.9 Å². The molecule has 0 aromatic rings. The number of carbonyl (C=O) groups excluding carboxylic acids is 3. The summed E-state index contributed by atoms with van der Waals surface area (Å²) in [5.41, 5.74) is 0. The van der Waals surface area contributed by atoms with Gasteiger partial charge in [0.15, 0.2) is 6.10 Å². The third-order valence-corrected chi connectivity index (χ3v) is 11.0. The predicted octanol–water partition coefficient (Wildman–Crippen LogP) is 17.9. The van der Waals surface area contributed by atoms with Crippen molar-refractivity contribution in [1.29, 1.82) is 0 Å². The minimum atomic E-state index is -0.787. The Bertz CT molecular complexity index is 1370. The molecule has 0 saturated heterocycles. The van der Waals surface area contributed by atoms with Gasteiger partial charge >= 0.3 is 17.9 Å². The quantitative estimate of drug-likeness (QED) is 0.0262. The van der Waals surface area contributed by atoms with Crippen LogP contribution in [0.2, 0.25) is 0 Å². The van der Waals surface area contributed by atoms with E-state index < -0.39 is 6.10 Å². The number of allylic oxidation sites excluding steroid dienone is 18. The Balaban J connectivity index is 4.16. The standard InChI is InChI=1S/C60H98O6/c1-4-7-10-13-16-18-20-22-23-24-25-26-27-28-29-30-31-32-33-34-35-36-37-39-40-42-44-47-50-53-59(62)65-56-57(55-64-58(61)52-49-46-15-12-9-6-3)66-60(63)54-51-48-45-43-41-38-21-19-17-14-11-8-5-2/h7,10-11,14,16,18-19,21-23,25-26,28-29,31-32,34-35,57H,4-6,8-9,12-13,15,17,20,24,27,30,33,36-56H2,1-3H3/b10-7-,14-11-,18-16-,21-19-,23-22-,26-25-,29-28-,32-31-,35-34-. The van der Waals surface area contributed by atoms with Crippen LogP contribution in [0.5, 0.6) is 0 Å². The highest BCUT2D eigenvalue weighted by Gasteiger charge is 2.19. The fourth-order valence-electron chi connectivity index (χ4n) is 6.99.